The number of carbonyl (C=O) groups excluding carboxylic acids is 2. The van der Waals surface area contributed by atoms with E-state index < -0.39 is 17.0 Å². The summed E-state index contributed by atoms with van der Waals surface area (Å²) in [5.74, 6) is -0.917. The number of hydrogen-bond acceptors (Lipinski definition) is 6. The van der Waals surface area contributed by atoms with Crippen molar-refractivity contribution in [2.24, 2.45) is 10.2 Å². The first kappa shape index (κ1) is 22.4. The second-order valence-electron chi connectivity index (χ2n) is 7.61. The molecule has 1 N–H and O–H groups in total. The summed E-state index contributed by atoms with van der Waals surface area (Å²) in [6.45, 7) is 4.05. The molecule has 0 aromatic heterocycles. The van der Waals surface area contributed by atoms with Crippen LogP contribution in [-0.2, 0) is 11.3 Å². The molecule has 1 fully saturated rings. The number of phenolic OH excluding ortho intramolecular Hbond substituents is 1. The Kier molecular flexibility index (Phi) is 6.37. The average Bonchev–Trinajstić information content (AvgIpc) is 3.05. The van der Waals surface area contributed by atoms with Gasteiger partial charge in [0, 0.05) is 5.56 Å². The molecule has 3 aromatic rings. The van der Waals surface area contributed by atoms with Crippen LogP contribution >= 0.6 is 11.8 Å². The number of rotatable bonds is 5. The van der Waals surface area contributed by atoms with Gasteiger partial charge in [0.25, 0.3) is 11.1 Å². The molecule has 0 atom stereocenters. The molecule has 3 aromatic carbocycles. The Balaban J connectivity index is 1.55. The molecule has 6 nitrogen and oxygen atoms in total. The van der Waals surface area contributed by atoms with E-state index in [4.69, 9.17) is 0 Å². The van der Waals surface area contributed by atoms with Crippen molar-refractivity contribution in [3.05, 3.63) is 93.6 Å². The number of carbonyl (C=O) groups is 2. The number of amides is 2. The molecule has 4 rings (SSSR count). The van der Waals surface area contributed by atoms with Crippen LogP contribution in [0, 0.1) is 19.7 Å². The summed E-state index contributed by atoms with van der Waals surface area (Å²) in [7, 11) is 0. The number of phenols is 1. The van der Waals surface area contributed by atoms with Crippen molar-refractivity contribution < 1.29 is 19.1 Å². The van der Waals surface area contributed by atoms with Crippen molar-refractivity contribution in [2.45, 2.75) is 20.4 Å². The predicted octanol–water partition coefficient (Wildman–Crippen LogP) is 6.80. The van der Waals surface area contributed by atoms with Crippen LogP contribution in [0.4, 0.5) is 20.6 Å². The zero-order chi connectivity index (χ0) is 23.5. The largest absolute Gasteiger partial charge is 0.507 e. The number of hydrogen-bond donors (Lipinski definition) is 1. The van der Waals surface area contributed by atoms with Crippen LogP contribution in [0.1, 0.15) is 22.3 Å². The first-order chi connectivity index (χ1) is 15.8. The maximum absolute atomic E-state index is 13.1. The quantitative estimate of drug-likeness (QED) is 0.335. The molecule has 166 valence electrons. The van der Waals surface area contributed by atoms with Gasteiger partial charge < -0.3 is 5.11 Å². The smallest absolute Gasteiger partial charge is 0.293 e. The molecule has 1 aliphatic heterocycles. The summed E-state index contributed by atoms with van der Waals surface area (Å²) in [5, 5.41) is 18.3. The van der Waals surface area contributed by atoms with Gasteiger partial charge in [-0.1, -0.05) is 18.2 Å². The van der Waals surface area contributed by atoms with Gasteiger partial charge in [0.2, 0.25) is 0 Å². The number of halogens is 1. The van der Waals surface area contributed by atoms with Gasteiger partial charge in [-0.25, -0.2) is 4.39 Å². The Morgan fingerprint density at radius 2 is 1.61 bits per heavy atom. The van der Waals surface area contributed by atoms with Gasteiger partial charge in [0.1, 0.15) is 11.6 Å². The lowest BCUT2D eigenvalue weighted by Gasteiger charge is -2.12. The van der Waals surface area contributed by atoms with Gasteiger partial charge >= 0.3 is 0 Å². The SMILES string of the molecule is Cc1ccc(N=Nc2ccc(O)c(/C=C3\SC(=O)N(Cc4ccc(F)cc4)C3=O)c2)cc1C. The third-order valence-electron chi connectivity index (χ3n) is 5.20. The Morgan fingerprint density at radius 3 is 2.30 bits per heavy atom. The summed E-state index contributed by atoms with van der Waals surface area (Å²) in [6, 6.07) is 16.0. The lowest BCUT2D eigenvalue weighted by atomic mass is 10.1. The minimum atomic E-state index is -0.476. The first-order valence-electron chi connectivity index (χ1n) is 10.1. The molecule has 0 radical (unpaired) electrons. The molecule has 8 heteroatoms. The second-order valence-corrected chi connectivity index (χ2v) is 8.60. The van der Waals surface area contributed by atoms with Crippen molar-refractivity contribution in [3.63, 3.8) is 0 Å². The fourth-order valence-corrected chi connectivity index (χ4v) is 4.00. The van der Waals surface area contributed by atoms with Crippen LogP contribution in [0.25, 0.3) is 6.08 Å². The van der Waals surface area contributed by atoms with Crippen LogP contribution in [0.15, 0.2) is 75.8 Å². The molecule has 0 saturated carbocycles. The van der Waals surface area contributed by atoms with Crippen LogP contribution in [0.2, 0.25) is 0 Å². The summed E-state index contributed by atoms with van der Waals surface area (Å²) in [4.78, 5) is 26.4. The number of benzene rings is 3. The van der Waals surface area contributed by atoms with Crippen LogP contribution in [-0.4, -0.2) is 21.2 Å². The molecular weight excluding hydrogens is 441 g/mol. The van der Waals surface area contributed by atoms with Gasteiger partial charge in [0.15, 0.2) is 0 Å². The number of imide groups is 1. The molecule has 1 saturated heterocycles. The van der Waals surface area contributed by atoms with Crippen LogP contribution < -0.4 is 0 Å². The van der Waals surface area contributed by atoms with E-state index in [2.05, 4.69) is 10.2 Å². The first-order valence-corrected chi connectivity index (χ1v) is 10.9. The van der Waals surface area contributed by atoms with Crippen molar-refractivity contribution >= 4 is 40.4 Å². The van der Waals surface area contributed by atoms with E-state index in [0.717, 1.165) is 27.8 Å². The van der Waals surface area contributed by atoms with E-state index in [1.807, 2.05) is 32.0 Å². The molecule has 0 bridgehead atoms. The van der Waals surface area contributed by atoms with Crippen molar-refractivity contribution in [1.29, 1.82) is 0 Å². The highest BCUT2D eigenvalue weighted by molar-refractivity contribution is 8.18. The monoisotopic (exact) mass is 461 g/mol. The van der Waals surface area contributed by atoms with E-state index in [9.17, 15) is 19.1 Å². The van der Waals surface area contributed by atoms with Gasteiger partial charge in [0.05, 0.1) is 22.8 Å². The van der Waals surface area contributed by atoms with Crippen molar-refractivity contribution in [2.75, 3.05) is 0 Å². The number of aryl methyl sites for hydroxylation is 2. The van der Waals surface area contributed by atoms with Crippen LogP contribution in [0.3, 0.4) is 0 Å². The summed E-state index contributed by atoms with van der Waals surface area (Å²) < 4.78 is 13.1. The fourth-order valence-electron chi connectivity index (χ4n) is 3.17. The average molecular weight is 462 g/mol. The topological polar surface area (TPSA) is 82.3 Å². The lowest BCUT2D eigenvalue weighted by molar-refractivity contribution is -0.123. The third kappa shape index (κ3) is 5.18. The lowest BCUT2D eigenvalue weighted by Crippen LogP contribution is -2.27. The van der Waals surface area contributed by atoms with E-state index in [1.54, 1.807) is 12.1 Å². The van der Waals surface area contributed by atoms with E-state index >= 15 is 0 Å². The molecule has 33 heavy (non-hydrogen) atoms. The van der Waals surface area contributed by atoms with Gasteiger partial charge in [-0.3, -0.25) is 14.5 Å². The predicted molar refractivity (Wildman–Crippen MR) is 126 cm³/mol. The number of aromatic hydroxyl groups is 1. The molecular formula is C25H20FN3O3S. The Labute approximate surface area is 194 Å². The minimum Gasteiger partial charge on any atom is -0.507 e. The Hall–Kier alpha value is -3.78. The maximum Gasteiger partial charge on any atom is 0.293 e. The highest BCUT2D eigenvalue weighted by Gasteiger charge is 2.35. The molecule has 0 aliphatic carbocycles. The fraction of sp³-hybridized carbons (Fsp3) is 0.120. The Bertz CT molecular complexity index is 1300. The van der Waals surface area contributed by atoms with Crippen molar-refractivity contribution in [3.8, 4) is 5.75 Å². The van der Waals surface area contributed by atoms with E-state index in [1.165, 1.54) is 36.4 Å². The summed E-state index contributed by atoms with van der Waals surface area (Å²) in [5.41, 5.74) is 4.44. The number of azo groups is 1. The number of nitrogens with zero attached hydrogens (tertiary/aromatic N) is 3. The standard InChI is InChI=1S/C25H20FN3O3S/c1-15-3-8-20(11-16(15)2)27-28-21-9-10-22(30)18(12-21)13-23-24(31)29(25(32)33-23)14-17-4-6-19(26)7-5-17/h3-13,30H,14H2,1-2H3/b23-13-,28-27?. The summed E-state index contributed by atoms with van der Waals surface area (Å²) in [6.07, 6.45) is 1.46. The molecule has 1 heterocycles. The summed E-state index contributed by atoms with van der Waals surface area (Å²) >= 11 is 0.786. The molecule has 0 unspecified atom stereocenters. The van der Waals surface area contributed by atoms with Gasteiger partial charge in [-0.05, 0) is 90.8 Å². The normalized spacial score (nSPS) is 15.2. The minimum absolute atomic E-state index is 0.0402. The highest BCUT2D eigenvalue weighted by atomic mass is 32.2. The molecule has 0 spiro atoms. The van der Waals surface area contributed by atoms with Crippen LogP contribution in [0.5, 0.6) is 5.75 Å². The van der Waals surface area contributed by atoms with Gasteiger partial charge in [-0.15, -0.1) is 0 Å². The zero-order valence-electron chi connectivity index (χ0n) is 17.9. The second kappa shape index (κ2) is 9.38. The third-order valence-corrected chi connectivity index (χ3v) is 6.10. The van der Waals surface area contributed by atoms with E-state index in [-0.39, 0.29) is 17.2 Å². The van der Waals surface area contributed by atoms with Crippen molar-refractivity contribution in [1.82, 2.24) is 4.90 Å². The van der Waals surface area contributed by atoms with E-state index in [0.29, 0.717) is 22.5 Å². The molecule has 2 amide bonds. The highest BCUT2D eigenvalue weighted by Crippen LogP contribution is 2.36. The Morgan fingerprint density at radius 1 is 0.939 bits per heavy atom. The molecule has 1 aliphatic rings. The zero-order valence-corrected chi connectivity index (χ0v) is 18.8. The van der Waals surface area contributed by atoms with Gasteiger partial charge in [-0.2, -0.15) is 10.2 Å². The number of thioether (sulfide) groups is 1. The maximum atomic E-state index is 13.1.